The summed E-state index contributed by atoms with van der Waals surface area (Å²) in [6, 6.07) is 10.5. The fourth-order valence-corrected chi connectivity index (χ4v) is 4.38. The normalized spacial score (nSPS) is 15.3. The molecule has 1 unspecified atom stereocenters. The van der Waals surface area contributed by atoms with E-state index in [1.807, 2.05) is 18.2 Å². The number of morpholine rings is 1. The van der Waals surface area contributed by atoms with Crippen LogP contribution in [0.4, 0.5) is 5.95 Å². The largest absolute Gasteiger partial charge is 0.378 e. The van der Waals surface area contributed by atoms with E-state index in [0.717, 1.165) is 37.0 Å². The van der Waals surface area contributed by atoms with Gasteiger partial charge in [0.15, 0.2) is 5.16 Å². The van der Waals surface area contributed by atoms with E-state index in [9.17, 15) is 4.79 Å². The summed E-state index contributed by atoms with van der Waals surface area (Å²) in [5.41, 5.74) is 1.18. The predicted octanol–water partition coefficient (Wildman–Crippen LogP) is 3.59. The number of carbonyl (C=O) groups excluding carboxylic acids is 1. The van der Waals surface area contributed by atoms with Crippen molar-refractivity contribution < 1.29 is 9.53 Å². The molecule has 170 valence electrons. The zero-order chi connectivity index (χ0) is 22.1. The van der Waals surface area contributed by atoms with E-state index in [0.29, 0.717) is 31.4 Å². The number of nitrogens with zero attached hydrogens (tertiary/aromatic N) is 4. The smallest absolute Gasteiger partial charge is 0.230 e. The first-order chi connectivity index (χ1) is 15.0. The number of benzene rings is 1. The average molecular weight is 446 g/mol. The van der Waals surface area contributed by atoms with Gasteiger partial charge in [-0.05, 0) is 24.8 Å². The summed E-state index contributed by atoms with van der Waals surface area (Å²) < 4.78 is 7.60. The van der Waals surface area contributed by atoms with Gasteiger partial charge in [0.25, 0.3) is 0 Å². The lowest BCUT2D eigenvalue weighted by Gasteiger charge is -2.28. The lowest BCUT2D eigenvalue weighted by Crippen LogP contribution is -2.38. The first-order valence-corrected chi connectivity index (χ1v) is 12.2. The van der Waals surface area contributed by atoms with Gasteiger partial charge in [-0.15, -0.1) is 10.2 Å². The molecular weight excluding hydrogens is 410 g/mol. The molecule has 1 aliphatic heterocycles. The maximum atomic E-state index is 12.5. The molecule has 0 bridgehead atoms. The standard InChI is InChI=1S/C23H35N5O2S/c1-18(2)8-7-9-19(3)24-21(29)17-31-23-26-25-22(27-12-14-30-15-13-27)28(23)16-20-10-5-4-6-11-20/h4-6,10-11,18-19H,7-9,12-17H2,1-3H3,(H,24,29). The first kappa shape index (κ1) is 23.6. The molecule has 2 heterocycles. The molecule has 0 saturated carbocycles. The van der Waals surface area contributed by atoms with E-state index < -0.39 is 0 Å². The molecule has 1 aliphatic rings. The highest BCUT2D eigenvalue weighted by Crippen LogP contribution is 2.24. The molecule has 1 fully saturated rings. The number of amides is 1. The van der Waals surface area contributed by atoms with Crippen molar-refractivity contribution in [2.75, 3.05) is 37.0 Å². The van der Waals surface area contributed by atoms with Crippen molar-refractivity contribution in [3.05, 3.63) is 35.9 Å². The van der Waals surface area contributed by atoms with E-state index in [1.165, 1.54) is 23.7 Å². The fraction of sp³-hybridized carbons (Fsp3) is 0.609. The van der Waals surface area contributed by atoms with E-state index in [-0.39, 0.29) is 11.9 Å². The summed E-state index contributed by atoms with van der Waals surface area (Å²) in [7, 11) is 0. The summed E-state index contributed by atoms with van der Waals surface area (Å²) in [5, 5.41) is 12.8. The summed E-state index contributed by atoms with van der Waals surface area (Å²) >= 11 is 1.45. The van der Waals surface area contributed by atoms with Gasteiger partial charge >= 0.3 is 0 Å². The first-order valence-electron chi connectivity index (χ1n) is 11.2. The zero-order valence-corrected chi connectivity index (χ0v) is 19.7. The lowest BCUT2D eigenvalue weighted by molar-refractivity contribution is -0.119. The van der Waals surface area contributed by atoms with Gasteiger partial charge in [-0.3, -0.25) is 9.36 Å². The van der Waals surface area contributed by atoms with Crippen LogP contribution in [0.1, 0.15) is 45.6 Å². The molecule has 7 nitrogen and oxygen atoms in total. The van der Waals surface area contributed by atoms with Gasteiger partial charge in [-0.1, -0.05) is 68.8 Å². The molecule has 0 radical (unpaired) electrons. The summed E-state index contributed by atoms with van der Waals surface area (Å²) in [5.74, 6) is 1.93. The van der Waals surface area contributed by atoms with Crippen LogP contribution in [0.3, 0.4) is 0 Å². The zero-order valence-electron chi connectivity index (χ0n) is 18.9. The van der Waals surface area contributed by atoms with Crippen LogP contribution >= 0.6 is 11.8 Å². The minimum absolute atomic E-state index is 0.0456. The number of ether oxygens (including phenoxy) is 1. The average Bonchev–Trinajstić information content (AvgIpc) is 3.15. The third kappa shape index (κ3) is 7.54. The van der Waals surface area contributed by atoms with Crippen LogP contribution in [-0.4, -0.2) is 58.8 Å². The molecule has 1 amide bonds. The SMILES string of the molecule is CC(C)CCCC(C)NC(=O)CSc1nnc(N2CCOCC2)n1Cc1ccccc1. The minimum Gasteiger partial charge on any atom is -0.378 e. The van der Waals surface area contributed by atoms with Crippen LogP contribution in [0.15, 0.2) is 35.5 Å². The van der Waals surface area contributed by atoms with Crippen molar-refractivity contribution in [1.29, 1.82) is 0 Å². The lowest BCUT2D eigenvalue weighted by atomic mass is 10.0. The second kappa shape index (κ2) is 12.1. The van der Waals surface area contributed by atoms with Crippen molar-refractivity contribution in [2.24, 2.45) is 5.92 Å². The highest BCUT2D eigenvalue weighted by atomic mass is 32.2. The number of rotatable bonds is 11. The number of nitrogens with one attached hydrogen (secondary N) is 1. The van der Waals surface area contributed by atoms with Crippen LogP contribution in [-0.2, 0) is 16.1 Å². The Balaban J connectivity index is 1.62. The molecule has 0 spiro atoms. The van der Waals surface area contributed by atoms with Gasteiger partial charge in [0.2, 0.25) is 11.9 Å². The molecule has 3 rings (SSSR count). The van der Waals surface area contributed by atoms with Crippen molar-refractivity contribution in [2.45, 2.75) is 57.8 Å². The van der Waals surface area contributed by atoms with E-state index in [2.05, 4.69) is 57.9 Å². The molecule has 1 aromatic carbocycles. The Morgan fingerprint density at radius 3 is 2.58 bits per heavy atom. The van der Waals surface area contributed by atoms with Gasteiger partial charge in [0, 0.05) is 19.1 Å². The minimum atomic E-state index is 0.0456. The molecule has 31 heavy (non-hydrogen) atoms. The second-order valence-electron chi connectivity index (χ2n) is 8.54. The predicted molar refractivity (Wildman–Crippen MR) is 126 cm³/mol. The van der Waals surface area contributed by atoms with E-state index in [4.69, 9.17) is 4.74 Å². The number of carbonyl (C=O) groups is 1. The Kier molecular flexibility index (Phi) is 9.21. The van der Waals surface area contributed by atoms with Crippen molar-refractivity contribution in [3.63, 3.8) is 0 Å². The number of thioether (sulfide) groups is 1. The number of anilines is 1. The Hall–Kier alpha value is -2.06. The van der Waals surface area contributed by atoms with Crippen molar-refractivity contribution in [3.8, 4) is 0 Å². The van der Waals surface area contributed by atoms with E-state index in [1.54, 1.807) is 0 Å². The topological polar surface area (TPSA) is 72.3 Å². The van der Waals surface area contributed by atoms with Crippen LogP contribution in [0.5, 0.6) is 0 Å². The molecule has 1 atom stereocenters. The molecule has 0 aliphatic carbocycles. The molecule has 1 N–H and O–H groups in total. The molecule has 2 aromatic rings. The van der Waals surface area contributed by atoms with Gasteiger partial charge in [-0.25, -0.2) is 0 Å². The fourth-order valence-electron chi connectivity index (χ4n) is 3.64. The molecule has 8 heteroatoms. The van der Waals surface area contributed by atoms with Gasteiger partial charge < -0.3 is 15.0 Å². The van der Waals surface area contributed by atoms with Crippen LogP contribution in [0.2, 0.25) is 0 Å². The Morgan fingerprint density at radius 1 is 1.13 bits per heavy atom. The van der Waals surface area contributed by atoms with Crippen LogP contribution in [0.25, 0.3) is 0 Å². The number of aromatic nitrogens is 3. The Labute approximate surface area is 189 Å². The Morgan fingerprint density at radius 2 is 1.87 bits per heavy atom. The molecular formula is C23H35N5O2S. The third-order valence-corrected chi connectivity index (χ3v) is 6.30. The van der Waals surface area contributed by atoms with Crippen LogP contribution in [0, 0.1) is 5.92 Å². The second-order valence-corrected chi connectivity index (χ2v) is 9.48. The summed E-state index contributed by atoms with van der Waals surface area (Å²) in [4.78, 5) is 14.7. The highest BCUT2D eigenvalue weighted by Gasteiger charge is 2.21. The maximum absolute atomic E-state index is 12.5. The highest BCUT2D eigenvalue weighted by molar-refractivity contribution is 7.99. The number of hydrogen-bond donors (Lipinski definition) is 1. The molecule has 1 saturated heterocycles. The van der Waals surface area contributed by atoms with Gasteiger partial charge in [0.1, 0.15) is 0 Å². The van der Waals surface area contributed by atoms with E-state index >= 15 is 0 Å². The van der Waals surface area contributed by atoms with Crippen molar-refractivity contribution in [1.82, 2.24) is 20.1 Å². The van der Waals surface area contributed by atoms with Crippen molar-refractivity contribution >= 4 is 23.6 Å². The summed E-state index contributed by atoms with van der Waals surface area (Å²) in [6.07, 6.45) is 3.35. The summed E-state index contributed by atoms with van der Waals surface area (Å²) in [6.45, 7) is 10.2. The maximum Gasteiger partial charge on any atom is 0.230 e. The van der Waals surface area contributed by atoms with Gasteiger partial charge in [0.05, 0.1) is 25.5 Å². The molecule has 1 aromatic heterocycles. The van der Waals surface area contributed by atoms with Gasteiger partial charge in [-0.2, -0.15) is 0 Å². The monoisotopic (exact) mass is 445 g/mol. The third-order valence-electron chi connectivity index (χ3n) is 5.33. The Bertz CT molecular complexity index is 806. The van der Waals surface area contributed by atoms with Crippen LogP contribution < -0.4 is 10.2 Å². The quantitative estimate of drug-likeness (QED) is 0.533. The number of hydrogen-bond acceptors (Lipinski definition) is 6.